The number of carbonyl (C=O) groups excluding carboxylic acids is 1. The van der Waals surface area contributed by atoms with Gasteiger partial charge in [0.15, 0.2) is 6.10 Å². The van der Waals surface area contributed by atoms with Crippen LogP contribution in [0, 0.1) is 17.6 Å². The van der Waals surface area contributed by atoms with Crippen molar-refractivity contribution in [2.24, 2.45) is 5.92 Å². The lowest BCUT2D eigenvalue weighted by Gasteiger charge is -2.33. The molecule has 1 saturated carbocycles. The van der Waals surface area contributed by atoms with E-state index in [0.717, 1.165) is 43.4 Å². The number of fused-ring (bicyclic) bond motifs is 1. The summed E-state index contributed by atoms with van der Waals surface area (Å²) in [6.07, 6.45) is 7.95. The number of nitrogens with one attached hydrogen (secondary N) is 2. The molecule has 3 heterocycles. The van der Waals surface area contributed by atoms with E-state index < -0.39 is 23.8 Å². The van der Waals surface area contributed by atoms with Gasteiger partial charge >= 0.3 is 6.09 Å². The topological polar surface area (TPSA) is 85.4 Å². The minimum atomic E-state index is -0.460. The molecular weight excluding hydrogens is 466 g/mol. The molecule has 1 amide bonds. The number of rotatable bonds is 7. The highest BCUT2D eigenvalue weighted by atomic mass is 19.1. The van der Waals surface area contributed by atoms with Crippen LogP contribution in [0.25, 0.3) is 17.1 Å². The molecule has 1 aliphatic heterocycles. The quantitative estimate of drug-likeness (QED) is 0.485. The Bertz CT molecular complexity index is 1280. The third-order valence-electron chi connectivity index (χ3n) is 7.01. The molecule has 9 heteroatoms. The normalized spacial score (nSPS) is 24.1. The predicted molar refractivity (Wildman–Crippen MR) is 131 cm³/mol. The molecule has 188 valence electrons. The maximum atomic E-state index is 13.8. The number of amides is 1. The second-order valence-electron chi connectivity index (χ2n) is 9.21. The van der Waals surface area contributed by atoms with E-state index in [4.69, 9.17) is 9.47 Å². The van der Waals surface area contributed by atoms with Gasteiger partial charge in [-0.25, -0.2) is 18.6 Å². The molecule has 36 heavy (non-hydrogen) atoms. The molecule has 2 N–H and O–H groups in total. The van der Waals surface area contributed by atoms with E-state index in [0.29, 0.717) is 29.5 Å². The van der Waals surface area contributed by atoms with Gasteiger partial charge in [0.25, 0.3) is 0 Å². The summed E-state index contributed by atoms with van der Waals surface area (Å²) in [5.74, 6) is -0.172. The second-order valence-corrected chi connectivity index (χ2v) is 9.21. The predicted octanol–water partition coefficient (Wildman–Crippen LogP) is 4.93. The van der Waals surface area contributed by atoms with Gasteiger partial charge < -0.3 is 20.1 Å². The molecule has 0 radical (unpaired) electrons. The number of methoxy groups -OCH3 is 1. The van der Waals surface area contributed by atoms with E-state index >= 15 is 0 Å². The summed E-state index contributed by atoms with van der Waals surface area (Å²) in [6.45, 7) is 0.563. The maximum absolute atomic E-state index is 13.8. The SMILES string of the molecule is COc1ccc2nccc([C@H]3OC(=O)N[C@@H]3C3CCC(NC/C=C/c4cc(F)ccc4F)CC3)c2n1. The Balaban J connectivity index is 1.21. The average molecular weight is 495 g/mol. The van der Waals surface area contributed by atoms with Crippen LogP contribution in [0.5, 0.6) is 5.88 Å². The second kappa shape index (κ2) is 10.6. The van der Waals surface area contributed by atoms with E-state index in [-0.39, 0.29) is 17.5 Å². The Morgan fingerprint density at radius 1 is 1.17 bits per heavy atom. The highest BCUT2D eigenvalue weighted by Gasteiger charge is 2.42. The van der Waals surface area contributed by atoms with Crippen molar-refractivity contribution in [3.8, 4) is 5.88 Å². The number of pyridine rings is 2. The number of hydrogen-bond donors (Lipinski definition) is 2. The molecule has 0 spiro atoms. The van der Waals surface area contributed by atoms with Crippen LogP contribution in [0.2, 0.25) is 0 Å². The van der Waals surface area contributed by atoms with Gasteiger partial charge in [-0.05, 0) is 61.9 Å². The van der Waals surface area contributed by atoms with Crippen LogP contribution in [0.1, 0.15) is 42.9 Å². The molecule has 2 atom stereocenters. The molecule has 2 fully saturated rings. The number of cyclic esters (lactones) is 1. The fourth-order valence-electron chi connectivity index (χ4n) is 5.17. The summed E-state index contributed by atoms with van der Waals surface area (Å²) in [6, 6.07) is 9.03. The zero-order chi connectivity index (χ0) is 25.1. The van der Waals surface area contributed by atoms with Crippen molar-refractivity contribution in [2.75, 3.05) is 13.7 Å². The molecule has 3 aromatic rings. The van der Waals surface area contributed by atoms with Crippen molar-refractivity contribution in [3.63, 3.8) is 0 Å². The van der Waals surface area contributed by atoms with Crippen molar-refractivity contribution >= 4 is 23.2 Å². The van der Waals surface area contributed by atoms with Gasteiger partial charge in [0.2, 0.25) is 5.88 Å². The van der Waals surface area contributed by atoms with E-state index in [1.807, 2.05) is 12.1 Å². The molecular formula is C27H28F2N4O3. The van der Waals surface area contributed by atoms with Gasteiger partial charge in [-0.15, -0.1) is 0 Å². The van der Waals surface area contributed by atoms with E-state index in [1.165, 1.54) is 6.07 Å². The number of hydrogen-bond acceptors (Lipinski definition) is 6. The van der Waals surface area contributed by atoms with Gasteiger partial charge in [0.05, 0.1) is 24.2 Å². The lowest BCUT2D eigenvalue weighted by Crippen LogP contribution is -2.41. The first-order chi connectivity index (χ1) is 17.5. The maximum Gasteiger partial charge on any atom is 0.408 e. The fourth-order valence-corrected chi connectivity index (χ4v) is 5.17. The summed E-state index contributed by atoms with van der Waals surface area (Å²) in [5, 5.41) is 6.49. The highest BCUT2D eigenvalue weighted by Crippen LogP contribution is 2.39. The Hall–Kier alpha value is -3.59. The van der Waals surface area contributed by atoms with Gasteiger partial charge in [-0.2, -0.15) is 0 Å². The van der Waals surface area contributed by atoms with E-state index in [2.05, 4.69) is 20.6 Å². The minimum Gasteiger partial charge on any atom is -0.481 e. The van der Waals surface area contributed by atoms with Crippen molar-refractivity contribution in [3.05, 3.63) is 71.4 Å². The first kappa shape index (κ1) is 24.1. The summed E-state index contributed by atoms with van der Waals surface area (Å²) in [4.78, 5) is 21.2. The third kappa shape index (κ3) is 5.16. The number of halogens is 2. The molecule has 0 unspecified atom stereocenters. The van der Waals surface area contributed by atoms with Gasteiger partial charge in [-0.1, -0.05) is 12.2 Å². The van der Waals surface area contributed by atoms with Crippen LogP contribution in [0.3, 0.4) is 0 Å². The molecule has 2 aliphatic rings. The molecule has 5 rings (SSSR count). The number of ether oxygens (including phenoxy) is 2. The van der Waals surface area contributed by atoms with Crippen LogP contribution in [-0.4, -0.2) is 41.8 Å². The Kier molecular flexibility index (Phi) is 7.09. The summed E-state index contributed by atoms with van der Waals surface area (Å²) in [7, 11) is 1.56. The van der Waals surface area contributed by atoms with Gasteiger partial charge in [-0.3, -0.25) is 4.98 Å². The summed E-state index contributed by atoms with van der Waals surface area (Å²) in [5.41, 5.74) is 2.44. The van der Waals surface area contributed by atoms with Crippen molar-refractivity contribution < 1.29 is 23.0 Å². The number of carbonyl (C=O) groups is 1. The van der Waals surface area contributed by atoms with Crippen LogP contribution in [0.4, 0.5) is 13.6 Å². The van der Waals surface area contributed by atoms with E-state index in [9.17, 15) is 13.6 Å². The first-order valence-corrected chi connectivity index (χ1v) is 12.1. The summed E-state index contributed by atoms with van der Waals surface area (Å²) < 4.78 is 38.1. The van der Waals surface area contributed by atoms with Crippen LogP contribution < -0.4 is 15.4 Å². The smallest absolute Gasteiger partial charge is 0.408 e. The van der Waals surface area contributed by atoms with Gasteiger partial charge in [0, 0.05) is 36.0 Å². The fraction of sp³-hybridized carbons (Fsp3) is 0.370. The lowest BCUT2D eigenvalue weighted by atomic mass is 9.78. The standard InChI is InChI=1S/C27H28F2N4O3/c1-35-23-11-10-22-25(32-23)20(12-14-31-22)26-24(33-27(34)36-26)16-4-7-19(8-5-16)30-13-2-3-17-15-18(28)6-9-21(17)29/h2-3,6,9-12,14-16,19,24,26,30H,4-5,7-8,13H2,1H3,(H,33,34)/b3-2+/t16?,19?,24-,26-/m1/s1. The monoisotopic (exact) mass is 494 g/mol. The zero-order valence-corrected chi connectivity index (χ0v) is 19.9. The highest BCUT2D eigenvalue weighted by molar-refractivity contribution is 5.80. The van der Waals surface area contributed by atoms with Crippen LogP contribution >= 0.6 is 0 Å². The lowest BCUT2D eigenvalue weighted by molar-refractivity contribution is 0.115. The Morgan fingerprint density at radius 3 is 2.81 bits per heavy atom. The van der Waals surface area contributed by atoms with E-state index in [1.54, 1.807) is 31.5 Å². The van der Waals surface area contributed by atoms with Crippen molar-refractivity contribution in [1.82, 2.24) is 20.6 Å². The first-order valence-electron chi connectivity index (χ1n) is 12.1. The molecule has 1 aliphatic carbocycles. The Labute approximate surface area is 207 Å². The Morgan fingerprint density at radius 2 is 2.00 bits per heavy atom. The molecule has 1 saturated heterocycles. The number of nitrogens with zero attached hydrogens (tertiary/aromatic N) is 2. The molecule has 1 aromatic carbocycles. The van der Waals surface area contributed by atoms with Crippen LogP contribution in [0.15, 0.2) is 48.7 Å². The zero-order valence-electron chi connectivity index (χ0n) is 19.9. The minimum absolute atomic E-state index is 0.159. The van der Waals surface area contributed by atoms with Crippen molar-refractivity contribution in [1.29, 1.82) is 0 Å². The number of alkyl carbamates (subject to hydrolysis) is 1. The third-order valence-corrected chi connectivity index (χ3v) is 7.01. The number of benzene rings is 1. The van der Waals surface area contributed by atoms with Gasteiger partial charge in [0.1, 0.15) is 11.6 Å². The van der Waals surface area contributed by atoms with Crippen molar-refractivity contribution in [2.45, 2.75) is 43.9 Å². The summed E-state index contributed by atoms with van der Waals surface area (Å²) >= 11 is 0. The average Bonchev–Trinajstić information content (AvgIpc) is 3.29. The molecule has 0 bridgehead atoms. The van der Waals surface area contributed by atoms with Crippen LogP contribution in [-0.2, 0) is 4.74 Å². The number of aromatic nitrogens is 2. The largest absolute Gasteiger partial charge is 0.481 e. The molecule has 7 nitrogen and oxygen atoms in total. The molecule has 2 aromatic heterocycles.